The van der Waals surface area contributed by atoms with Crippen LogP contribution in [0.25, 0.3) is 61.5 Å². The standard InChI is InChI=1S/C36H37N2OSi.C18H24NSi.Ir/c1-23(2)28-19-26(25-13-9-8-10-14-25)20-29(24(3)4)35(28)38-33-16-12-11-15-32(33)37-36(38)31-22-39-34-18-17-27(21-30(31)34)40(5,6)7;1-14(2)11-16-12-17(15-9-7-6-8-10-15)19-13-18(16)20(3,4)5;/h8-21,23-24H,1-7H3;6-9,12-14H,11H2,1-5H3;/q2*-1;. The van der Waals surface area contributed by atoms with Crippen molar-refractivity contribution in [1.29, 1.82) is 0 Å². The second kappa shape index (κ2) is 18.8. The Hall–Kier alpha value is -4.66. The molecule has 0 bridgehead atoms. The van der Waals surface area contributed by atoms with Gasteiger partial charge in [0.2, 0.25) is 0 Å². The van der Waals surface area contributed by atoms with Crippen LogP contribution in [-0.4, -0.2) is 30.7 Å². The van der Waals surface area contributed by atoms with Gasteiger partial charge in [0.1, 0.15) is 0 Å². The molecule has 5 aromatic carbocycles. The van der Waals surface area contributed by atoms with E-state index >= 15 is 0 Å². The zero-order chi connectivity index (χ0) is 42.9. The van der Waals surface area contributed by atoms with Gasteiger partial charge in [0.25, 0.3) is 0 Å². The van der Waals surface area contributed by atoms with Gasteiger partial charge < -0.3 is 14.0 Å². The van der Waals surface area contributed by atoms with Gasteiger partial charge in [0.15, 0.2) is 0 Å². The van der Waals surface area contributed by atoms with Crippen LogP contribution in [0.1, 0.15) is 70.1 Å². The molecule has 1 radical (unpaired) electrons. The molecule has 0 fully saturated rings. The number of para-hydroxylation sites is 2. The van der Waals surface area contributed by atoms with E-state index in [4.69, 9.17) is 9.40 Å². The molecule has 8 aromatic rings. The summed E-state index contributed by atoms with van der Waals surface area (Å²) >= 11 is 0. The number of fused-ring (bicyclic) bond motifs is 2. The molecule has 7 heteroatoms. The second-order valence-electron chi connectivity index (χ2n) is 19.3. The maximum Gasteiger partial charge on any atom is 0.0798 e. The van der Waals surface area contributed by atoms with Crippen molar-refractivity contribution in [3.05, 3.63) is 150 Å². The van der Waals surface area contributed by atoms with E-state index in [1.54, 1.807) is 0 Å². The Morgan fingerprint density at radius 1 is 0.689 bits per heavy atom. The first-order valence-electron chi connectivity index (χ1n) is 21.6. The maximum atomic E-state index is 6.03. The first-order valence-corrected chi connectivity index (χ1v) is 28.6. The quantitative estimate of drug-likeness (QED) is 0.101. The van der Waals surface area contributed by atoms with Crippen LogP contribution in [0.3, 0.4) is 0 Å². The van der Waals surface area contributed by atoms with Gasteiger partial charge in [0.05, 0.1) is 33.0 Å². The van der Waals surface area contributed by atoms with Gasteiger partial charge >= 0.3 is 0 Å². The van der Waals surface area contributed by atoms with E-state index < -0.39 is 16.1 Å². The van der Waals surface area contributed by atoms with E-state index in [1.807, 2.05) is 18.2 Å². The molecule has 0 aliphatic heterocycles. The molecule has 0 saturated carbocycles. The summed E-state index contributed by atoms with van der Waals surface area (Å²) in [5.74, 6) is 2.17. The van der Waals surface area contributed by atoms with Gasteiger partial charge in [-0.25, -0.2) is 0 Å². The van der Waals surface area contributed by atoms with Crippen molar-refractivity contribution < 1.29 is 24.5 Å². The van der Waals surface area contributed by atoms with Crippen molar-refractivity contribution in [2.45, 2.75) is 99.1 Å². The monoisotopic (exact) mass is 1020 g/mol. The van der Waals surface area contributed by atoms with Crippen LogP contribution in [0.2, 0.25) is 39.3 Å². The van der Waals surface area contributed by atoms with Crippen LogP contribution >= 0.6 is 0 Å². The predicted octanol–water partition coefficient (Wildman–Crippen LogP) is 14.0. The summed E-state index contributed by atoms with van der Waals surface area (Å²) in [4.78, 5) is 9.92. The Morgan fingerprint density at radius 3 is 1.95 bits per heavy atom. The van der Waals surface area contributed by atoms with E-state index in [2.05, 4.69) is 206 Å². The summed E-state index contributed by atoms with van der Waals surface area (Å²) in [5, 5.41) is 3.97. The molecule has 317 valence electrons. The molecule has 0 saturated heterocycles. The van der Waals surface area contributed by atoms with E-state index in [0.29, 0.717) is 17.8 Å². The summed E-state index contributed by atoms with van der Waals surface area (Å²) in [6.07, 6.45) is 6.51. The minimum Gasteiger partial charge on any atom is -0.557 e. The van der Waals surface area contributed by atoms with E-state index in [9.17, 15) is 0 Å². The zero-order valence-corrected chi connectivity index (χ0v) is 42.5. The first kappa shape index (κ1) is 45.9. The van der Waals surface area contributed by atoms with E-state index in [0.717, 1.165) is 51.1 Å². The van der Waals surface area contributed by atoms with Gasteiger partial charge in [-0.3, -0.25) is 4.98 Å². The normalized spacial score (nSPS) is 12.0. The Labute approximate surface area is 380 Å². The Morgan fingerprint density at radius 2 is 1.34 bits per heavy atom. The molecule has 4 nitrogen and oxygen atoms in total. The van der Waals surface area contributed by atoms with Crippen LogP contribution < -0.4 is 10.4 Å². The van der Waals surface area contributed by atoms with Gasteiger partial charge in [-0.15, -0.1) is 42.0 Å². The molecule has 3 aromatic heterocycles. The topological polar surface area (TPSA) is 43.9 Å². The average molecular weight is 1020 g/mol. The smallest absolute Gasteiger partial charge is 0.0798 e. The first-order chi connectivity index (χ1) is 28.5. The molecule has 61 heavy (non-hydrogen) atoms. The van der Waals surface area contributed by atoms with Crippen LogP contribution in [0.4, 0.5) is 0 Å². The largest absolute Gasteiger partial charge is 0.557 e. The van der Waals surface area contributed by atoms with Crippen molar-refractivity contribution in [3.63, 3.8) is 0 Å². The summed E-state index contributed by atoms with van der Waals surface area (Å²) < 4.78 is 8.40. The summed E-state index contributed by atoms with van der Waals surface area (Å²) in [6.45, 7) is 28.0. The fraction of sp³-hybridized carbons (Fsp3) is 0.296. The van der Waals surface area contributed by atoms with Crippen LogP contribution in [0.5, 0.6) is 0 Å². The number of benzene rings is 5. The van der Waals surface area contributed by atoms with Crippen LogP contribution in [-0.2, 0) is 26.5 Å². The van der Waals surface area contributed by atoms with Gasteiger partial charge in [-0.05, 0) is 81.6 Å². The molecule has 0 aliphatic carbocycles. The average Bonchev–Trinajstić information content (AvgIpc) is 3.81. The third-order valence-corrected chi connectivity index (χ3v) is 15.4. The Balaban J connectivity index is 0.000000250. The number of imidazole rings is 1. The molecule has 8 rings (SSSR count). The molecular weight excluding hydrogens is 955 g/mol. The fourth-order valence-corrected chi connectivity index (χ4v) is 10.9. The number of aromatic nitrogens is 3. The third kappa shape index (κ3) is 10.0. The number of rotatable bonds is 10. The van der Waals surface area contributed by atoms with Gasteiger partial charge in [-0.2, -0.15) is 0 Å². The van der Waals surface area contributed by atoms with E-state index in [-0.39, 0.29) is 20.1 Å². The van der Waals surface area contributed by atoms with Gasteiger partial charge in [-0.1, -0.05) is 163 Å². The van der Waals surface area contributed by atoms with Crippen LogP contribution in [0, 0.1) is 18.2 Å². The minimum atomic E-state index is -1.53. The zero-order valence-electron chi connectivity index (χ0n) is 38.1. The number of pyridine rings is 1. The molecular formula is C54H61IrN3OSi2-2. The second-order valence-corrected chi connectivity index (χ2v) is 29.4. The molecule has 0 N–H and O–H groups in total. The van der Waals surface area contributed by atoms with Crippen LogP contribution in [0.15, 0.2) is 126 Å². The van der Waals surface area contributed by atoms with Gasteiger partial charge in [0, 0.05) is 43.8 Å². The van der Waals surface area contributed by atoms with Crippen molar-refractivity contribution in [1.82, 2.24) is 14.5 Å². The van der Waals surface area contributed by atoms with Crippen molar-refractivity contribution in [2.24, 2.45) is 5.92 Å². The molecule has 0 spiro atoms. The molecule has 3 heterocycles. The predicted molar refractivity (Wildman–Crippen MR) is 262 cm³/mol. The minimum absolute atomic E-state index is 0. The summed E-state index contributed by atoms with van der Waals surface area (Å²) in [5.41, 5.74) is 13.8. The molecule has 0 atom stereocenters. The Bertz CT molecular complexity index is 2710. The van der Waals surface area contributed by atoms with Crippen molar-refractivity contribution in [3.8, 4) is 39.5 Å². The molecule has 0 amide bonds. The molecule has 0 aliphatic rings. The number of nitrogens with zero attached hydrogens (tertiary/aromatic N) is 3. The summed E-state index contributed by atoms with van der Waals surface area (Å²) in [7, 11) is -2.87. The SMILES string of the molecule is CC(C)Cc1cc(-c2[c-]cccc2)ncc1[Si](C)(C)C.CC(C)c1cc(-c2ccccc2)cc(C(C)C)c1-n1c(-c2[c-]oc3ccc([Si](C)(C)C)cc23)nc2ccccc21.[Ir]. The fourth-order valence-electron chi connectivity index (χ4n) is 8.12. The van der Waals surface area contributed by atoms with Crippen molar-refractivity contribution in [2.75, 3.05) is 0 Å². The number of hydrogen-bond donors (Lipinski definition) is 0. The van der Waals surface area contributed by atoms with E-state index in [1.165, 1.54) is 43.9 Å². The molecule has 0 unspecified atom stereocenters. The third-order valence-electron chi connectivity index (χ3n) is 11.3. The van der Waals surface area contributed by atoms with Crippen molar-refractivity contribution >= 4 is 48.5 Å². The number of hydrogen-bond acceptors (Lipinski definition) is 3. The maximum absolute atomic E-state index is 6.03. The number of furan rings is 1. The summed E-state index contributed by atoms with van der Waals surface area (Å²) in [6, 6.07) is 44.2. The Kier molecular flexibility index (Phi) is 14.1.